The fraction of sp³-hybridized carbons (Fsp3) is 0.235. The van der Waals surface area contributed by atoms with Crippen LogP contribution in [0.5, 0.6) is 11.5 Å². The van der Waals surface area contributed by atoms with Gasteiger partial charge in [-0.05, 0) is 31.2 Å². The molecule has 23 heavy (non-hydrogen) atoms. The highest BCUT2D eigenvalue weighted by Crippen LogP contribution is 2.28. The zero-order chi connectivity index (χ0) is 17.0. The molecule has 0 aliphatic carbocycles. The molecule has 6 heteroatoms. The van der Waals surface area contributed by atoms with E-state index in [0.717, 1.165) is 12.1 Å². The minimum absolute atomic E-state index is 0.209. The minimum atomic E-state index is -0.704. The number of hydrogen-bond acceptors (Lipinski definition) is 3. The Labute approximate surface area is 133 Å². The van der Waals surface area contributed by atoms with E-state index in [1.54, 1.807) is 19.1 Å². The van der Waals surface area contributed by atoms with Crippen LogP contribution in [0.25, 0.3) is 0 Å². The molecule has 2 aromatic rings. The summed E-state index contributed by atoms with van der Waals surface area (Å²) in [4.78, 5) is 12.3. The number of nitrogens with one attached hydrogen (secondary N) is 1. The predicted molar refractivity (Wildman–Crippen MR) is 81.8 cm³/mol. The Kier molecular flexibility index (Phi) is 5.16. The molecule has 0 spiro atoms. The monoisotopic (exact) mass is 321 g/mol. The first-order chi connectivity index (χ1) is 11.0. The van der Waals surface area contributed by atoms with Gasteiger partial charge >= 0.3 is 0 Å². The predicted octanol–water partition coefficient (Wildman–Crippen LogP) is 3.47. The number of carbonyl (C=O) groups excluding carboxylic acids is 1. The smallest absolute Gasteiger partial charge is 0.251 e. The fourth-order valence-electron chi connectivity index (χ4n) is 2.19. The molecule has 0 bridgehead atoms. The van der Waals surface area contributed by atoms with Gasteiger partial charge in [0.05, 0.1) is 20.3 Å². The molecule has 0 aromatic heterocycles. The first kappa shape index (κ1) is 16.7. The van der Waals surface area contributed by atoms with Crippen molar-refractivity contribution in [2.75, 3.05) is 14.2 Å². The highest BCUT2D eigenvalue weighted by Gasteiger charge is 2.16. The number of hydrogen-bond donors (Lipinski definition) is 1. The van der Waals surface area contributed by atoms with Crippen LogP contribution >= 0.6 is 0 Å². The number of rotatable bonds is 5. The first-order valence-corrected chi connectivity index (χ1v) is 6.94. The second-order valence-electron chi connectivity index (χ2n) is 4.93. The van der Waals surface area contributed by atoms with E-state index in [1.165, 1.54) is 26.4 Å². The van der Waals surface area contributed by atoms with Crippen molar-refractivity contribution in [3.63, 3.8) is 0 Å². The SMILES string of the molecule is COc1ccc(C(=O)N[C@H](C)c2ccc(F)cc2F)cc1OC. The van der Waals surface area contributed by atoms with Gasteiger partial charge in [0.1, 0.15) is 11.6 Å². The molecular weight excluding hydrogens is 304 g/mol. The summed E-state index contributed by atoms with van der Waals surface area (Å²) in [6.45, 7) is 1.62. The third kappa shape index (κ3) is 3.77. The number of carbonyl (C=O) groups is 1. The van der Waals surface area contributed by atoms with Gasteiger partial charge in [0.15, 0.2) is 11.5 Å². The van der Waals surface area contributed by atoms with Crippen LogP contribution in [0.4, 0.5) is 8.78 Å². The molecule has 0 unspecified atom stereocenters. The van der Waals surface area contributed by atoms with Crippen molar-refractivity contribution in [1.82, 2.24) is 5.32 Å². The number of benzene rings is 2. The van der Waals surface area contributed by atoms with E-state index >= 15 is 0 Å². The van der Waals surface area contributed by atoms with Gasteiger partial charge in [0, 0.05) is 17.2 Å². The van der Waals surface area contributed by atoms with Crippen LogP contribution in [0.2, 0.25) is 0 Å². The van der Waals surface area contributed by atoms with E-state index in [4.69, 9.17) is 9.47 Å². The van der Waals surface area contributed by atoms with E-state index in [2.05, 4.69) is 5.32 Å². The van der Waals surface area contributed by atoms with Crippen molar-refractivity contribution in [2.24, 2.45) is 0 Å². The molecule has 0 saturated carbocycles. The summed E-state index contributed by atoms with van der Waals surface area (Å²) in [5.74, 6) is -0.848. The average Bonchev–Trinajstić information content (AvgIpc) is 2.53. The molecular formula is C17H17F2NO3. The summed E-state index contributed by atoms with van der Waals surface area (Å²) in [6, 6.07) is 7.34. The maximum absolute atomic E-state index is 13.7. The summed E-state index contributed by atoms with van der Waals surface area (Å²) in [5, 5.41) is 2.66. The summed E-state index contributed by atoms with van der Waals surface area (Å²) < 4.78 is 36.9. The van der Waals surface area contributed by atoms with Gasteiger partial charge in [-0.3, -0.25) is 4.79 Å². The fourth-order valence-corrected chi connectivity index (χ4v) is 2.19. The quantitative estimate of drug-likeness (QED) is 0.917. The van der Waals surface area contributed by atoms with Gasteiger partial charge in [-0.15, -0.1) is 0 Å². The second kappa shape index (κ2) is 7.09. The summed E-state index contributed by atoms with van der Waals surface area (Å²) in [6.07, 6.45) is 0. The summed E-state index contributed by atoms with van der Waals surface area (Å²) in [5.41, 5.74) is 0.553. The molecule has 122 valence electrons. The van der Waals surface area contributed by atoms with Crippen LogP contribution in [-0.4, -0.2) is 20.1 Å². The Hall–Kier alpha value is -2.63. The van der Waals surface area contributed by atoms with Crippen LogP contribution in [-0.2, 0) is 0 Å². The normalized spacial score (nSPS) is 11.7. The molecule has 1 amide bonds. The Bertz CT molecular complexity index is 719. The van der Waals surface area contributed by atoms with E-state index in [1.807, 2.05) is 0 Å². The maximum Gasteiger partial charge on any atom is 0.251 e. The standard InChI is InChI=1S/C17H17F2NO3/c1-10(13-6-5-12(18)9-14(13)19)20-17(21)11-4-7-15(22-2)16(8-11)23-3/h4-10H,1-3H3,(H,20,21)/t10-/m1/s1. The van der Waals surface area contributed by atoms with Gasteiger partial charge in [-0.25, -0.2) is 8.78 Å². The third-order valence-corrected chi connectivity index (χ3v) is 3.42. The van der Waals surface area contributed by atoms with Crippen molar-refractivity contribution in [3.8, 4) is 11.5 Å². The Morgan fingerprint density at radius 3 is 2.35 bits per heavy atom. The third-order valence-electron chi connectivity index (χ3n) is 3.42. The van der Waals surface area contributed by atoms with Crippen molar-refractivity contribution >= 4 is 5.91 Å². The highest BCUT2D eigenvalue weighted by molar-refractivity contribution is 5.95. The zero-order valence-electron chi connectivity index (χ0n) is 13.0. The van der Waals surface area contributed by atoms with Crippen LogP contribution in [0.3, 0.4) is 0 Å². The Balaban J connectivity index is 2.18. The van der Waals surface area contributed by atoms with Gasteiger partial charge in [0.25, 0.3) is 5.91 Å². The molecule has 0 aliphatic heterocycles. The molecule has 4 nitrogen and oxygen atoms in total. The van der Waals surface area contributed by atoms with Crippen LogP contribution < -0.4 is 14.8 Å². The number of amides is 1. The van der Waals surface area contributed by atoms with Crippen LogP contribution in [0, 0.1) is 11.6 Å². The lowest BCUT2D eigenvalue weighted by atomic mass is 10.1. The Morgan fingerprint density at radius 1 is 1.04 bits per heavy atom. The largest absolute Gasteiger partial charge is 0.493 e. The lowest BCUT2D eigenvalue weighted by Crippen LogP contribution is -2.27. The van der Waals surface area contributed by atoms with E-state index in [0.29, 0.717) is 17.1 Å². The van der Waals surface area contributed by atoms with Gasteiger partial charge in [0.2, 0.25) is 0 Å². The molecule has 0 radical (unpaired) electrons. The van der Waals surface area contributed by atoms with Gasteiger partial charge < -0.3 is 14.8 Å². The molecule has 0 aliphatic rings. The molecule has 0 fully saturated rings. The number of ether oxygens (including phenoxy) is 2. The second-order valence-corrected chi connectivity index (χ2v) is 4.93. The first-order valence-electron chi connectivity index (χ1n) is 6.94. The zero-order valence-corrected chi connectivity index (χ0v) is 13.0. The van der Waals surface area contributed by atoms with Crippen molar-refractivity contribution < 1.29 is 23.0 Å². The summed E-state index contributed by atoms with van der Waals surface area (Å²) >= 11 is 0. The van der Waals surface area contributed by atoms with E-state index in [9.17, 15) is 13.6 Å². The average molecular weight is 321 g/mol. The summed E-state index contributed by atoms with van der Waals surface area (Å²) in [7, 11) is 2.97. The van der Waals surface area contributed by atoms with Crippen molar-refractivity contribution in [2.45, 2.75) is 13.0 Å². The van der Waals surface area contributed by atoms with Crippen molar-refractivity contribution in [1.29, 1.82) is 0 Å². The number of methoxy groups -OCH3 is 2. The number of halogens is 2. The maximum atomic E-state index is 13.7. The Morgan fingerprint density at radius 2 is 1.74 bits per heavy atom. The van der Waals surface area contributed by atoms with Crippen molar-refractivity contribution in [3.05, 3.63) is 59.2 Å². The molecule has 0 saturated heterocycles. The lowest BCUT2D eigenvalue weighted by Gasteiger charge is -2.16. The van der Waals surface area contributed by atoms with Crippen LogP contribution in [0.15, 0.2) is 36.4 Å². The molecule has 2 aromatic carbocycles. The molecule has 2 rings (SSSR count). The molecule has 1 N–H and O–H groups in total. The van der Waals surface area contributed by atoms with E-state index in [-0.39, 0.29) is 5.56 Å². The van der Waals surface area contributed by atoms with Crippen LogP contribution in [0.1, 0.15) is 28.9 Å². The highest BCUT2D eigenvalue weighted by atomic mass is 19.1. The lowest BCUT2D eigenvalue weighted by molar-refractivity contribution is 0.0939. The van der Waals surface area contributed by atoms with E-state index < -0.39 is 23.6 Å². The van der Waals surface area contributed by atoms with Gasteiger partial charge in [-0.2, -0.15) is 0 Å². The molecule has 0 heterocycles. The van der Waals surface area contributed by atoms with Gasteiger partial charge in [-0.1, -0.05) is 6.07 Å². The minimum Gasteiger partial charge on any atom is -0.493 e. The topological polar surface area (TPSA) is 47.6 Å². The molecule has 1 atom stereocenters.